The zero-order valence-electron chi connectivity index (χ0n) is 16.2. The molecule has 27 heavy (non-hydrogen) atoms. The molecule has 1 aliphatic rings. The van der Waals surface area contributed by atoms with Gasteiger partial charge in [0.15, 0.2) is 0 Å². The van der Waals surface area contributed by atoms with Crippen LogP contribution >= 0.6 is 0 Å². The Morgan fingerprint density at radius 3 is 2.48 bits per heavy atom. The fraction of sp³-hybridized carbons (Fsp3) is 0.381. The van der Waals surface area contributed by atoms with Gasteiger partial charge in [0.2, 0.25) is 0 Å². The van der Waals surface area contributed by atoms with Gasteiger partial charge in [-0.3, -0.25) is 4.79 Å². The van der Waals surface area contributed by atoms with Crippen molar-refractivity contribution in [3.05, 3.63) is 64.3 Å². The minimum absolute atomic E-state index is 0.0411. The first-order valence-corrected chi connectivity index (χ1v) is 9.33. The summed E-state index contributed by atoms with van der Waals surface area (Å²) in [7, 11) is 0. The normalized spacial score (nSPS) is 16.9. The molecule has 0 saturated carbocycles. The van der Waals surface area contributed by atoms with Crippen LogP contribution in [-0.4, -0.2) is 32.3 Å². The molecule has 6 nitrogen and oxygen atoms in total. The number of aromatic nitrogens is 3. The van der Waals surface area contributed by atoms with Crippen molar-refractivity contribution in [2.45, 2.75) is 46.6 Å². The molecule has 4 rings (SSSR count). The van der Waals surface area contributed by atoms with Gasteiger partial charge in [0.1, 0.15) is 5.76 Å². The number of carbonyl (C=O) groups is 1. The van der Waals surface area contributed by atoms with Gasteiger partial charge < -0.3 is 9.42 Å². The number of rotatable bonds is 3. The number of likely N-dealkylation sites (tertiary alicyclic amines) is 1. The predicted octanol–water partition coefficient (Wildman–Crippen LogP) is 4.07. The second-order valence-corrected chi connectivity index (χ2v) is 7.28. The second-order valence-electron chi connectivity index (χ2n) is 7.28. The summed E-state index contributed by atoms with van der Waals surface area (Å²) in [4.78, 5) is 15.1. The van der Waals surface area contributed by atoms with Crippen molar-refractivity contribution in [3.63, 3.8) is 0 Å². The first-order chi connectivity index (χ1) is 13.0. The van der Waals surface area contributed by atoms with E-state index in [9.17, 15) is 4.79 Å². The van der Waals surface area contributed by atoms with E-state index in [1.807, 2.05) is 67.6 Å². The summed E-state index contributed by atoms with van der Waals surface area (Å²) < 4.78 is 7.22. The van der Waals surface area contributed by atoms with Gasteiger partial charge in [-0.1, -0.05) is 5.16 Å². The number of nitrogens with zero attached hydrogens (tertiary/aromatic N) is 4. The second kappa shape index (κ2) is 6.68. The van der Waals surface area contributed by atoms with E-state index in [4.69, 9.17) is 4.52 Å². The van der Waals surface area contributed by atoms with Gasteiger partial charge in [-0.15, -0.1) is 0 Å². The van der Waals surface area contributed by atoms with E-state index in [-0.39, 0.29) is 11.9 Å². The fourth-order valence-electron chi connectivity index (χ4n) is 4.08. The molecule has 0 radical (unpaired) electrons. The highest BCUT2D eigenvalue weighted by Gasteiger charge is 2.34. The van der Waals surface area contributed by atoms with Crippen LogP contribution in [0.3, 0.4) is 0 Å². The monoisotopic (exact) mass is 364 g/mol. The topological polar surface area (TPSA) is 64.2 Å². The third-order valence-corrected chi connectivity index (χ3v) is 5.30. The van der Waals surface area contributed by atoms with Gasteiger partial charge in [-0.2, -0.15) is 5.10 Å². The summed E-state index contributed by atoms with van der Waals surface area (Å²) in [6.45, 7) is 8.61. The summed E-state index contributed by atoms with van der Waals surface area (Å²) in [6, 6.07) is 9.76. The molecule has 3 heterocycles. The molecule has 0 N–H and O–H groups in total. The predicted molar refractivity (Wildman–Crippen MR) is 102 cm³/mol. The van der Waals surface area contributed by atoms with Gasteiger partial charge >= 0.3 is 0 Å². The van der Waals surface area contributed by atoms with Crippen LogP contribution in [0, 0.1) is 27.7 Å². The van der Waals surface area contributed by atoms with E-state index in [0.29, 0.717) is 5.56 Å². The Labute approximate surface area is 158 Å². The number of amides is 1. The Morgan fingerprint density at radius 2 is 1.89 bits per heavy atom. The Morgan fingerprint density at radius 1 is 1.15 bits per heavy atom. The number of benzene rings is 1. The first kappa shape index (κ1) is 17.5. The summed E-state index contributed by atoms with van der Waals surface area (Å²) in [5.41, 5.74) is 5.63. The lowest BCUT2D eigenvalue weighted by molar-refractivity contribution is 0.0734. The summed E-state index contributed by atoms with van der Waals surface area (Å²) in [5.74, 6) is 0.856. The quantitative estimate of drug-likeness (QED) is 0.703. The van der Waals surface area contributed by atoms with Gasteiger partial charge in [0.25, 0.3) is 5.91 Å². The van der Waals surface area contributed by atoms with Crippen molar-refractivity contribution >= 4 is 5.91 Å². The molecule has 1 atom stereocenters. The SMILES string of the molecule is Cc1cc(C)n(-c2ccc(C(=O)N3CCC[C@@H]3c3c(C)noc3C)cc2)n1. The van der Waals surface area contributed by atoms with Gasteiger partial charge in [0.05, 0.1) is 23.1 Å². The molecule has 0 spiro atoms. The maximum absolute atomic E-state index is 13.1. The molecule has 1 aliphatic heterocycles. The largest absolute Gasteiger partial charge is 0.361 e. The van der Waals surface area contributed by atoms with Crippen molar-refractivity contribution in [1.82, 2.24) is 19.8 Å². The Balaban J connectivity index is 1.60. The van der Waals surface area contributed by atoms with Gasteiger partial charge in [0, 0.05) is 23.4 Å². The Bertz CT molecular complexity index is 965. The molecule has 140 valence electrons. The first-order valence-electron chi connectivity index (χ1n) is 9.33. The summed E-state index contributed by atoms with van der Waals surface area (Å²) in [6.07, 6.45) is 1.93. The smallest absolute Gasteiger partial charge is 0.254 e. The van der Waals surface area contributed by atoms with Crippen molar-refractivity contribution in [3.8, 4) is 5.69 Å². The van der Waals surface area contributed by atoms with Crippen LogP contribution in [0.4, 0.5) is 0 Å². The standard InChI is InChI=1S/C21H24N4O2/c1-13-12-14(2)25(22-13)18-9-7-17(8-10-18)21(26)24-11-5-6-19(24)20-15(3)23-27-16(20)4/h7-10,12,19H,5-6,11H2,1-4H3/t19-/m1/s1. The summed E-state index contributed by atoms with van der Waals surface area (Å²) >= 11 is 0. The fourth-order valence-corrected chi connectivity index (χ4v) is 4.08. The molecule has 1 aromatic carbocycles. The van der Waals surface area contributed by atoms with Crippen molar-refractivity contribution in [2.24, 2.45) is 0 Å². The van der Waals surface area contributed by atoms with Crippen molar-refractivity contribution in [2.75, 3.05) is 6.54 Å². The molecule has 0 unspecified atom stereocenters. The van der Waals surface area contributed by atoms with E-state index in [1.165, 1.54) is 0 Å². The lowest BCUT2D eigenvalue weighted by atomic mass is 10.0. The van der Waals surface area contributed by atoms with E-state index in [2.05, 4.69) is 10.3 Å². The Kier molecular flexibility index (Phi) is 4.34. The number of carbonyl (C=O) groups excluding carboxylic acids is 1. The zero-order chi connectivity index (χ0) is 19.1. The minimum Gasteiger partial charge on any atom is -0.361 e. The van der Waals surface area contributed by atoms with Crippen LogP contribution in [-0.2, 0) is 0 Å². The maximum Gasteiger partial charge on any atom is 0.254 e. The zero-order valence-corrected chi connectivity index (χ0v) is 16.2. The van der Waals surface area contributed by atoms with Crippen molar-refractivity contribution in [1.29, 1.82) is 0 Å². The number of hydrogen-bond donors (Lipinski definition) is 0. The van der Waals surface area contributed by atoms with E-state index in [0.717, 1.165) is 53.5 Å². The van der Waals surface area contributed by atoms with Crippen LogP contribution < -0.4 is 0 Å². The van der Waals surface area contributed by atoms with Crippen LogP contribution in [0.1, 0.15) is 57.6 Å². The lowest BCUT2D eigenvalue weighted by Gasteiger charge is -2.25. The highest BCUT2D eigenvalue weighted by Crippen LogP contribution is 2.36. The maximum atomic E-state index is 13.1. The van der Waals surface area contributed by atoms with Gasteiger partial charge in [-0.25, -0.2) is 4.68 Å². The molecule has 2 aromatic heterocycles. The molecular formula is C21H24N4O2. The van der Waals surface area contributed by atoms with E-state index >= 15 is 0 Å². The molecule has 0 bridgehead atoms. The van der Waals surface area contributed by atoms with Gasteiger partial charge in [-0.05, 0) is 70.9 Å². The molecule has 0 aliphatic carbocycles. The molecular weight excluding hydrogens is 340 g/mol. The molecule has 1 amide bonds. The molecule has 3 aromatic rings. The van der Waals surface area contributed by atoms with E-state index < -0.39 is 0 Å². The Hall–Kier alpha value is -2.89. The average molecular weight is 364 g/mol. The van der Waals surface area contributed by atoms with E-state index in [1.54, 1.807) is 0 Å². The minimum atomic E-state index is 0.0411. The lowest BCUT2D eigenvalue weighted by Crippen LogP contribution is -2.31. The molecule has 1 fully saturated rings. The molecule has 1 saturated heterocycles. The highest BCUT2D eigenvalue weighted by atomic mass is 16.5. The third-order valence-electron chi connectivity index (χ3n) is 5.30. The van der Waals surface area contributed by atoms with Crippen LogP contribution in [0.2, 0.25) is 0 Å². The molecule has 6 heteroatoms. The third kappa shape index (κ3) is 3.05. The van der Waals surface area contributed by atoms with Crippen LogP contribution in [0.5, 0.6) is 0 Å². The average Bonchev–Trinajstić information content (AvgIpc) is 3.34. The highest BCUT2D eigenvalue weighted by molar-refractivity contribution is 5.95. The number of hydrogen-bond acceptors (Lipinski definition) is 4. The van der Waals surface area contributed by atoms with Crippen molar-refractivity contribution < 1.29 is 9.32 Å². The summed E-state index contributed by atoms with van der Waals surface area (Å²) in [5, 5.41) is 8.56. The van der Waals surface area contributed by atoms with Crippen LogP contribution in [0.25, 0.3) is 5.69 Å². The number of aryl methyl sites for hydroxylation is 4. The van der Waals surface area contributed by atoms with Crippen LogP contribution in [0.15, 0.2) is 34.9 Å².